The molecule has 1 saturated heterocycles. The van der Waals surface area contributed by atoms with Gasteiger partial charge in [0.2, 0.25) is 5.91 Å². The number of amides is 2. The minimum absolute atomic E-state index is 0. The molecule has 3 N–H and O–H groups in total. The summed E-state index contributed by atoms with van der Waals surface area (Å²) in [6.45, 7) is 3.21. The number of rotatable bonds is 3. The summed E-state index contributed by atoms with van der Waals surface area (Å²) in [5, 5.41) is 2.78. The second kappa shape index (κ2) is 7.21. The number of halogens is 1. The molecule has 6 nitrogen and oxygen atoms in total. The van der Waals surface area contributed by atoms with E-state index in [2.05, 4.69) is 10.3 Å². The van der Waals surface area contributed by atoms with E-state index in [1.54, 1.807) is 23.2 Å². The molecule has 0 bridgehead atoms. The number of pyridine rings is 1. The van der Waals surface area contributed by atoms with Crippen molar-refractivity contribution in [3.8, 4) is 0 Å². The number of hydrogen-bond donors (Lipinski definition) is 2. The molecule has 2 amide bonds. The van der Waals surface area contributed by atoms with Gasteiger partial charge in [-0.2, -0.15) is 0 Å². The van der Waals surface area contributed by atoms with Crippen molar-refractivity contribution in [2.24, 2.45) is 5.73 Å². The fourth-order valence-corrected chi connectivity index (χ4v) is 2.25. The van der Waals surface area contributed by atoms with E-state index < -0.39 is 6.04 Å². The number of nitrogens with zero attached hydrogens (tertiary/aromatic N) is 2. The van der Waals surface area contributed by atoms with Gasteiger partial charge in [0.15, 0.2) is 0 Å². The Hall–Kier alpha value is -1.66. The average Bonchev–Trinajstić information content (AvgIpc) is 2.46. The Morgan fingerprint density at radius 2 is 2.35 bits per heavy atom. The van der Waals surface area contributed by atoms with E-state index in [-0.39, 0.29) is 24.2 Å². The van der Waals surface area contributed by atoms with Crippen LogP contribution in [-0.4, -0.2) is 40.8 Å². The minimum atomic E-state index is -0.393. The summed E-state index contributed by atoms with van der Waals surface area (Å²) in [6, 6.07) is 2.94. The molecule has 2 heterocycles. The SMILES string of the molecule is CCC1C(=O)NCCN1C(=O)c1ccnc(CN)c1.Cl. The van der Waals surface area contributed by atoms with Crippen LogP contribution in [0.2, 0.25) is 0 Å². The maximum absolute atomic E-state index is 12.5. The maximum Gasteiger partial charge on any atom is 0.254 e. The largest absolute Gasteiger partial charge is 0.353 e. The Balaban J connectivity index is 0.00000200. The summed E-state index contributed by atoms with van der Waals surface area (Å²) < 4.78 is 0. The topological polar surface area (TPSA) is 88.3 Å². The van der Waals surface area contributed by atoms with Gasteiger partial charge in [0, 0.05) is 31.4 Å². The van der Waals surface area contributed by atoms with Crippen LogP contribution in [-0.2, 0) is 11.3 Å². The van der Waals surface area contributed by atoms with E-state index in [1.165, 1.54) is 0 Å². The van der Waals surface area contributed by atoms with E-state index in [0.717, 1.165) is 0 Å². The first-order valence-electron chi connectivity index (χ1n) is 6.41. The molecular weight excluding hydrogens is 280 g/mol. The molecule has 110 valence electrons. The Kier molecular flexibility index (Phi) is 5.91. The highest BCUT2D eigenvalue weighted by Gasteiger charge is 2.32. The van der Waals surface area contributed by atoms with Crippen LogP contribution in [0.25, 0.3) is 0 Å². The van der Waals surface area contributed by atoms with E-state index in [9.17, 15) is 9.59 Å². The predicted octanol–water partition coefficient (Wildman–Crippen LogP) is 0.313. The zero-order chi connectivity index (χ0) is 13.8. The molecule has 0 aromatic carbocycles. The number of piperazine rings is 1. The third-order valence-electron chi connectivity index (χ3n) is 3.25. The van der Waals surface area contributed by atoms with Crippen molar-refractivity contribution in [2.45, 2.75) is 25.9 Å². The van der Waals surface area contributed by atoms with E-state index >= 15 is 0 Å². The number of nitrogens with one attached hydrogen (secondary N) is 1. The lowest BCUT2D eigenvalue weighted by molar-refractivity contribution is -0.127. The Bertz CT molecular complexity index is 495. The third-order valence-corrected chi connectivity index (χ3v) is 3.25. The summed E-state index contributed by atoms with van der Waals surface area (Å²) in [5.74, 6) is -0.228. The fourth-order valence-electron chi connectivity index (χ4n) is 2.25. The van der Waals surface area contributed by atoms with E-state index in [1.807, 2.05) is 6.92 Å². The van der Waals surface area contributed by atoms with Crippen LogP contribution in [0.4, 0.5) is 0 Å². The molecule has 0 radical (unpaired) electrons. The zero-order valence-corrected chi connectivity index (χ0v) is 12.2. The van der Waals surface area contributed by atoms with Crippen LogP contribution in [0.5, 0.6) is 0 Å². The van der Waals surface area contributed by atoms with E-state index in [4.69, 9.17) is 5.73 Å². The van der Waals surface area contributed by atoms with Crippen LogP contribution in [0.3, 0.4) is 0 Å². The molecule has 0 saturated carbocycles. The molecule has 2 rings (SSSR count). The van der Waals surface area contributed by atoms with Crippen molar-refractivity contribution < 1.29 is 9.59 Å². The molecule has 1 unspecified atom stereocenters. The van der Waals surface area contributed by atoms with Crippen LogP contribution < -0.4 is 11.1 Å². The molecule has 1 aromatic rings. The summed E-state index contributed by atoms with van der Waals surface area (Å²) in [5.41, 5.74) is 6.72. The highest BCUT2D eigenvalue weighted by Crippen LogP contribution is 2.14. The van der Waals surface area contributed by atoms with Crippen LogP contribution in [0.1, 0.15) is 29.4 Å². The molecule has 1 atom stereocenters. The van der Waals surface area contributed by atoms with Crippen molar-refractivity contribution in [1.29, 1.82) is 0 Å². The number of carbonyl (C=O) groups excluding carboxylic acids is 2. The highest BCUT2D eigenvalue weighted by molar-refractivity contribution is 5.98. The van der Waals surface area contributed by atoms with Crippen LogP contribution in [0, 0.1) is 0 Å². The van der Waals surface area contributed by atoms with Gasteiger partial charge in [0.25, 0.3) is 5.91 Å². The first-order chi connectivity index (χ1) is 9.17. The van der Waals surface area contributed by atoms with Crippen LogP contribution in [0.15, 0.2) is 18.3 Å². The van der Waals surface area contributed by atoms with Gasteiger partial charge in [0.1, 0.15) is 6.04 Å². The predicted molar refractivity (Wildman–Crippen MR) is 77.5 cm³/mol. The molecule has 1 aliphatic rings. The Morgan fingerprint density at radius 1 is 1.60 bits per heavy atom. The van der Waals surface area contributed by atoms with Crippen molar-refractivity contribution in [2.75, 3.05) is 13.1 Å². The van der Waals surface area contributed by atoms with Crippen molar-refractivity contribution in [1.82, 2.24) is 15.2 Å². The van der Waals surface area contributed by atoms with Gasteiger partial charge in [-0.25, -0.2) is 0 Å². The molecule has 1 aliphatic heterocycles. The van der Waals surface area contributed by atoms with Gasteiger partial charge in [-0.05, 0) is 18.6 Å². The molecule has 7 heteroatoms. The quantitative estimate of drug-likeness (QED) is 0.841. The smallest absolute Gasteiger partial charge is 0.254 e. The molecule has 0 spiro atoms. The number of carbonyl (C=O) groups is 2. The number of hydrogen-bond acceptors (Lipinski definition) is 4. The normalized spacial score (nSPS) is 18.2. The van der Waals surface area contributed by atoms with Crippen molar-refractivity contribution in [3.63, 3.8) is 0 Å². The number of aromatic nitrogens is 1. The van der Waals surface area contributed by atoms with Gasteiger partial charge < -0.3 is 16.0 Å². The Morgan fingerprint density at radius 3 is 3.00 bits per heavy atom. The molecule has 0 aliphatic carbocycles. The van der Waals surface area contributed by atoms with Crippen molar-refractivity contribution in [3.05, 3.63) is 29.6 Å². The fraction of sp³-hybridized carbons (Fsp3) is 0.462. The molecular formula is C13H19ClN4O2. The Labute approximate surface area is 124 Å². The maximum atomic E-state index is 12.5. The lowest BCUT2D eigenvalue weighted by Crippen LogP contribution is -2.56. The summed E-state index contributed by atoms with van der Waals surface area (Å²) >= 11 is 0. The third kappa shape index (κ3) is 3.26. The minimum Gasteiger partial charge on any atom is -0.353 e. The summed E-state index contributed by atoms with van der Waals surface area (Å²) in [6.07, 6.45) is 2.17. The first kappa shape index (κ1) is 16.4. The first-order valence-corrected chi connectivity index (χ1v) is 6.41. The second-order valence-corrected chi connectivity index (χ2v) is 4.45. The summed E-state index contributed by atoms with van der Waals surface area (Å²) in [7, 11) is 0. The highest BCUT2D eigenvalue weighted by atomic mass is 35.5. The van der Waals surface area contributed by atoms with Crippen LogP contribution >= 0.6 is 12.4 Å². The van der Waals surface area contributed by atoms with Gasteiger partial charge in [0.05, 0.1) is 5.69 Å². The lowest BCUT2D eigenvalue weighted by Gasteiger charge is -2.34. The van der Waals surface area contributed by atoms with Gasteiger partial charge in [-0.15, -0.1) is 12.4 Å². The molecule has 1 fully saturated rings. The average molecular weight is 299 g/mol. The monoisotopic (exact) mass is 298 g/mol. The van der Waals surface area contributed by atoms with Crippen molar-refractivity contribution >= 4 is 24.2 Å². The second-order valence-electron chi connectivity index (χ2n) is 4.45. The molecule has 20 heavy (non-hydrogen) atoms. The van der Waals surface area contributed by atoms with Gasteiger partial charge >= 0.3 is 0 Å². The zero-order valence-electron chi connectivity index (χ0n) is 11.3. The van der Waals surface area contributed by atoms with Gasteiger partial charge in [-0.3, -0.25) is 14.6 Å². The van der Waals surface area contributed by atoms with Gasteiger partial charge in [-0.1, -0.05) is 6.92 Å². The summed E-state index contributed by atoms with van der Waals surface area (Å²) in [4.78, 5) is 29.9. The number of nitrogens with two attached hydrogens (primary N) is 1. The van der Waals surface area contributed by atoms with E-state index in [0.29, 0.717) is 37.3 Å². The lowest BCUT2D eigenvalue weighted by atomic mass is 10.1. The standard InChI is InChI=1S/C13H18N4O2.ClH/c1-2-11-12(18)16-5-6-17(11)13(19)9-3-4-15-10(7-9)8-14;/h3-4,7,11H,2,5-6,8,14H2,1H3,(H,16,18);1H. The molecule has 1 aromatic heterocycles.